The van der Waals surface area contributed by atoms with Gasteiger partial charge in [-0.15, -0.1) is 0 Å². The first-order chi connectivity index (χ1) is 10.3. The van der Waals surface area contributed by atoms with Gasteiger partial charge < -0.3 is 4.98 Å². The smallest absolute Gasteiger partial charge is 0.307 e. The van der Waals surface area contributed by atoms with E-state index in [1.807, 2.05) is 0 Å². The zero-order valence-electron chi connectivity index (χ0n) is 11.7. The minimum atomic E-state index is -4.65. The molecule has 22 heavy (non-hydrogen) atoms. The van der Waals surface area contributed by atoms with Crippen molar-refractivity contribution in [1.82, 2.24) is 19.7 Å². The first-order valence-electron chi connectivity index (χ1n) is 6.73. The Balaban J connectivity index is 1.95. The zero-order chi connectivity index (χ0) is 15.9. The van der Waals surface area contributed by atoms with E-state index in [2.05, 4.69) is 15.1 Å². The largest absolute Gasteiger partial charge is 0.433 e. The van der Waals surface area contributed by atoms with E-state index in [-0.39, 0.29) is 5.82 Å². The summed E-state index contributed by atoms with van der Waals surface area (Å²) in [6.45, 7) is 0. The fourth-order valence-electron chi connectivity index (χ4n) is 2.24. The standard InChI is InChI=1S/C14H13F3N4O/c1-21-10(9(7-18-21)8-2-3-8)4-5-12-19-11(14(15,16)17)6-13(22)20-12/h4-8H,2-3H2,1H3,(H,19,20,22)/b5-4+. The molecule has 116 valence electrons. The van der Waals surface area contributed by atoms with E-state index in [0.717, 1.165) is 24.1 Å². The average molecular weight is 310 g/mol. The lowest BCUT2D eigenvalue weighted by molar-refractivity contribution is -0.141. The maximum atomic E-state index is 12.7. The third-order valence-corrected chi connectivity index (χ3v) is 3.48. The zero-order valence-corrected chi connectivity index (χ0v) is 11.7. The Morgan fingerprint density at radius 2 is 2.09 bits per heavy atom. The van der Waals surface area contributed by atoms with Crippen molar-refractivity contribution in [3.8, 4) is 0 Å². The van der Waals surface area contributed by atoms with Crippen molar-refractivity contribution in [2.45, 2.75) is 24.9 Å². The predicted molar refractivity (Wildman–Crippen MR) is 74.0 cm³/mol. The lowest BCUT2D eigenvalue weighted by Crippen LogP contribution is -2.17. The molecule has 0 aromatic carbocycles. The number of nitrogens with zero attached hydrogens (tertiary/aromatic N) is 3. The maximum Gasteiger partial charge on any atom is 0.433 e. The van der Waals surface area contributed by atoms with Crippen molar-refractivity contribution in [2.24, 2.45) is 7.05 Å². The van der Waals surface area contributed by atoms with Crippen LogP contribution in [0.3, 0.4) is 0 Å². The number of hydrogen-bond acceptors (Lipinski definition) is 3. The topological polar surface area (TPSA) is 63.6 Å². The van der Waals surface area contributed by atoms with Gasteiger partial charge in [0.1, 0.15) is 5.82 Å². The van der Waals surface area contributed by atoms with E-state index in [1.54, 1.807) is 24.0 Å². The molecule has 0 unspecified atom stereocenters. The highest BCUT2D eigenvalue weighted by Gasteiger charge is 2.33. The monoisotopic (exact) mass is 310 g/mol. The minimum Gasteiger partial charge on any atom is -0.307 e. The normalized spacial score (nSPS) is 15.6. The highest BCUT2D eigenvalue weighted by molar-refractivity contribution is 5.67. The summed E-state index contributed by atoms with van der Waals surface area (Å²) in [6, 6.07) is 0.442. The Hall–Kier alpha value is -2.38. The molecule has 0 aliphatic heterocycles. The van der Waals surface area contributed by atoms with Gasteiger partial charge in [0.2, 0.25) is 0 Å². The number of halogens is 3. The molecule has 2 heterocycles. The van der Waals surface area contributed by atoms with Crippen LogP contribution in [0.4, 0.5) is 13.2 Å². The molecule has 8 heteroatoms. The van der Waals surface area contributed by atoms with Gasteiger partial charge in [-0.3, -0.25) is 9.48 Å². The Kier molecular flexibility index (Phi) is 3.38. The SMILES string of the molecule is Cn1ncc(C2CC2)c1/C=C/c1nc(C(F)(F)F)cc(=O)[nH]1. The molecule has 2 aromatic rings. The molecular weight excluding hydrogens is 297 g/mol. The molecule has 2 aromatic heterocycles. The van der Waals surface area contributed by atoms with Crippen molar-refractivity contribution in [2.75, 3.05) is 0 Å². The fourth-order valence-corrected chi connectivity index (χ4v) is 2.24. The second kappa shape index (κ2) is 5.11. The maximum absolute atomic E-state index is 12.7. The summed E-state index contributed by atoms with van der Waals surface area (Å²) in [5.41, 5.74) is -0.173. The summed E-state index contributed by atoms with van der Waals surface area (Å²) in [5.74, 6) is 0.324. The number of hydrogen-bond donors (Lipinski definition) is 1. The molecule has 0 amide bonds. The van der Waals surface area contributed by atoms with E-state index in [9.17, 15) is 18.0 Å². The Morgan fingerprint density at radius 3 is 2.73 bits per heavy atom. The number of aromatic nitrogens is 4. The van der Waals surface area contributed by atoms with Crippen molar-refractivity contribution >= 4 is 12.2 Å². The van der Waals surface area contributed by atoms with Crippen LogP contribution in [-0.4, -0.2) is 19.7 Å². The third kappa shape index (κ3) is 2.95. The first kappa shape index (κ1) is 14.6. The van der Waals surface area contributed by atoms with Gasteiger partial charge in [-0.1, -0.05) is 0 Å². The van der Waals surface area contributed by atoms with Crippen molar-refractivity contribution in [3.63, 3.8) is 0 Å². The Morgan fingerprint density at radius 1 is 1.36 bits per heavy atom. The third-order valence-electron chi connectivity index (χ3n) is 3.48. The van der Waals surface area contributed by atoms with Crippen LogP contribution in [0.1, 0.15) is 41.5 Å². The second-order valence-electron chi connectivity index (χ2n) is 5.23. The van der Waals surface area contributed by atoms with E-state index in [4.69, 9.17) is 0 Å². The van der Waals surface area contributed by atoms with Crippen LogP contribution in [0.25, 0.3) is 12.2 Å². The van der Waals surface area contributed by atoms with Crippen molar-refractivity contribution < 1.29 is 13.2 Å². The predicted octanol–water partition coefficient (Wildman–Crippen LogP) is 2.57. The van der Waals surface area contributed by atoms with E-state index in [0.29, 0.717) is 12.0 Å². The molecule has 0 bridgehead atoms. The van der Waals surface area contributed by atoms with E-state index < -0.39 is 17.4 Å². The van der Waals surface area contributed by atoms with E-state index in [1.165, 1.54) is 6.08 Å². The highest BCUT2D eigenvalue weighted by Crippen LogP contribution is 2.41. The molecule has 1 saturated carbocycles. The summed E-state index contributed by atoms with van der Waals surface area (Å²) in [6.07, 6.45) is 2.27. The lowest BCUT2D eigenvalue weighted by Gasteiger charge is -2.05. The molecule has 3 rings (SSSR count). The van der Waals surface area contributed by atoms with Crippen LogP contribution in [0.5, 0.6) is 0 Å². The number of H-pyrrole nitrogens is 1. The van der Waals surface area contributed by atoms with Gasteiger partial charge in [-0.2, -0.15) is 18.3 Å². The molecule has 1 aliphatic rings. The van der Waals surface area contributed by atoms with Crippen LogP contribution < -0.4 is 5.56 Å². The first-order valence-corrected chi connectivity index (χ1v) is 6.73. The van der Waals surface area contributed by atoms with Gasteiger partial charge in [-0.05, 0) is 30.9 Å². The van der Waals surface area contributed by atoms with Crippen LogP contribution in [-0.2, 0) is 13.2 Å². The van der Waals surface area contributed by atoms with Gasteiger partial charge in [-0.25, -0.2) is 4.98 Å². The van der Waals surface area contributed by atoms with Gasteiger partial charge in [0.05, 0.1) is 11.9 Å². The lowest BCUT2D eigenvalue weighted by atomic mass is 10.1. The van der Waals surface area contributed by atoms with Crippen LogP contribution >= 0.6 is 0 Å². The summed E-state index contributed by atoms with van der Waals surface area (Å²) in [7, 11) is 1.76. The highest BCUT2D eigenvalue weighted by atomic mass is 19.4. The number of aryl methyl sites for hydroxylation is 1. The van der Waals surface area contributed by atoms with Crippen LogP contribution in [0.15, 0.2) is 17.1 Å². The fraction of sp³-hybridized carbons (Fsp3) is 0.357. The van der Waals surface area contributed by atoms with Crippen LogP contribution in [0, 0.1) is 0 Å². The minimum absolute atomic E-state index is 0.136. The number of nitrogens with one attached hydrogen (secondary N) is 1. The van der Waals surface area contributed by atoms with Crippen LogP contribution in [0.2, 0.25) is 0 Å². The van der Waals surface area contributed by atoms with E-state index >= 15 is 0 Å². The second-order valence-corrected chi connectivity index (χ2v) is 5.23. The van der Waals surface area contributed by atoms with Gasteiger partial charge in [0.15, 0.2) is 5.69 Å². The summed E-state index contributed by atoms with van der Waals surface area (Å²) in [5, 5.41) is 4.16. The Bertz CT molecular complexity index is 784. The molecular formula is C14H13F3N4O. The van der Waals surface area contributed by atoms with Gasteiger partial charge >= 0.3 is 6.18 Å². The van der Waals surface area contributed by atoms with Gasteiger partial charge in [0.25, 0.3) is 5.56 Å². The molecule has 0 atom stereocenters. The summed E-state index contributed by atoms with van der Waals surface area (Å²) in [4.78, 5) is 17.0. The molecule has 1 N–H and O–H groups in total. The van der Waals surface area contributed by atoms with Crippen molar-refractivity contribution in [3.05, 3.63) is 45.4 Å². The summed E-state index contributed by atoms with van der Waals surface area (Å²) < 4.78 is 39.6. The molecule has 0 radical (unpaired) electrons. The summed E-state index contributed by atoms with van der Waals surface area (Å²) >= 11 is 0. The Labute approximate surface area is 123 Å². The van der Waals surface area contributed by atoms with Crippen molar-refractivity contribution in [1.29, 1.82) is 0 Å². The average Bonchev–Trinajstić information content (AvgIpc) is 3.19. The molecule has 1 aliphatic carbocycles. The molecule has 0 spiro atoms. The number of rotatable bonds is 3. The number of aromatic amines is 1. The quantitative estimate of drug-likeness (QED) is 0.947. The number of alkyl halides is 3. The molecule has 1 fully saturated rings. The van der Waals surface area contributed by atoms with Gasteiger partial charge in [0, 0.05) is 18.7 Å². The molecule has 5 nitrogen and oxygen atoms in total. The molecule has 0 saturated heterocycles.